The molecule has 0 fully saturated rings. The Hall–Kier alpha value is -1.03. The Bertz CT molecular complexity index is 333. The molecule has 3 nitrogen and oxygen atoms in total. The number of carbonyl (C=O) groups excluding carboxylic acids is 1. The van der Waals surface area contributed by atoms with Crippen LogP contribution in [0.2, 0.25) is 0 Å². The van der Waals surface area contributed by atoms with E-state index in [1.54, 1.807) is 0 Å². The van der Waals surface area contributed by atoms with Crippen LogP contribution in [-0.4, -0.2) is 19.4 Å². The number of thiophene rings is 1. The van der Waals surface area contributed by atoms with E-state index in [1.807, 2.05) is 20.0 Å². The van der Waals surface area contributed by atoms with Gasteiger partial charge in [-0.2, -0.15) is 0 Å². The Balaban J connectivity index is 2.98. The zero-order valence-electron chi connectivity index (χ0n) is 8.83. The SMILES string of the molecule is CCC(=O)c1sc(N(C)CC)cc1N. The minimum atomic E-state index is 0.128. The van der Waals surface area contributed by atoms with Crippen molar-refractivity contribution < 1.29 is 4.79 Å². The molecule has 0 unspecified atom stereocenters. The van der Waals surface area contributed by atoms with E-state index in [-0.39, 0.29) is 5.78 Å². The summed E-state index contributed by atoms with van der Waals surface area (Å²) >= 11 is 1.48. The maximum absolute atomic E-state index is 11.5. The lowest BCUT2D eigenvalue weighted by atomic mass is 10.2. The Morgan fingerprint density at radius 1 is 1.57 bits per heavy atom. The van der Waals surface area contributed by atoms with E-state index in [0.29, 0.717) is 17.0 Å². The molecule has 1 aromatic rings. The van der Waals surface area contributed by atoms with Gasteiger partial charge in [-0.1, -0.05) is 6.92 Å². The van der Waals surface area contributed by atoms with E-state index in [1.165, 1.54) is 11.3 Å². The molecule has 0 aliphatic rings. The molecule has 0 atom stereocenters. The molecule has 0 aliphatic heterocycles. The third kappa shape index (κ3) is 2.07. The first-order chi connectivity index (χ1) is 6.60. The normalized spacial score (nSPS) is 10.2. The highest BCUT2D eigenvalue weighted by molar-refractivity contribution is 7.18. The van der Waals surface area contributed by atoms with Gasteiger partial charge in [0.15, 0.2) is 5.78 Å². The van der Waals surface area contributed by atoms with Crippen LogP contribution in [0.3, 0.4) is 0 Å². The molecule has 78 valence electrons. The zero-order chi connectivity index (χ0) is 10.7. The van der Waals surface area contributed by atoms with Crippen LogP contribution in [0.25, 0.3) is 0 Å². The van der Waals surface area contributed by atoms with Gasteiger partial charge in [-0.05, 0) is 13.0 Å². The average molecular weight is 212 g/mol. The minimum Gasteiger partial charge on any atom is -0.397 e. The van der Waals surface area contributed by atoms with E-state index in [4.69, 9.17) is 5.73 Å². The summed E-state index contributed by atoms with van der Waals surface area (Å²) in [5.41, 5.74) is 6.38. The number of carbonyl (C=O) groups is 1. The summed E-state index contributed by atoms with van der Waals surface area (Å²) in [6.07, 6.45) is 0.514. The fourth-order valence-corrected chi connectivity index (χ4v) is 2.23. The lowest BCUT2D eigenvalue weighted by molar-refractivity contribution is 0.0993. The molecule has 1 aromatic heterocycles. The van der Waals surface area contributed by atoms with Crippen molar-refractivity contribution >= 4 is 27.8 Å². The molecule has 0 aliphatic carbocycles. The fraction of sp³-hybridized carbons (Fsp3) is 0.500. The van der Waals surface area contributed by atoms with E-state index in [9.17, 15) is 4.79 Å². The fourth-order valence-electron chi connectivity index (χ4n) is 1.11. The molecule has 1 heterocycles. The number of nitrogen functional groups attached to an aromatic ring is 1. The molecule has 0 amide bonds. The second-order valence-corrected chi connectivity index (χ2v) is 4.19. The van der Waals surface area contributed by atoms with Crippen molar-refractivity contribution in [1.82, 2.24) is 0 Å². The van der Waals surface area contributed by atoms with Crippen LogP contribution < -0.4 is 10.6 Å². The molecule has 0 saturated heterocycles. The lowest BCUT2D eigenvalue weighted by Crippen LogP contribution is -2.13. The van der Waals surface area contributed by atoms with Crippen LogP contribution in [0.15, 0.2) is 6.07 Å². The van der Waals surface area contributed by atoms with E-state index in [2.05, 4.69) is 11.8 Å². The number of hydrogen-bond donors (Lipinski definition) is 1. The third-order valence-corrected chi connectivity index (χ3v) is 3.48. The summed E-state index contributed by atoms with van der Waals surface area (Å²) in [4.78, 5) is 14.2. The summed E-state index contributed by atoms with van der Waals surface area (Å²) in [6, 6.07) is 1.87. The molecule has 4 heteroatoms. The lowest BCUT2D eigenvalue weighted by Gasteiger charge is -2.12. The van der Waals surface area contributed by atoms with Gasteiger partial charge in [0.05, 0.1) is 15.6 Å². The van der Waals surface area contributed by atoms with Crippen molar-refractivity contribution in [2.45, 2.75) is 20.3 Å². The molecule has 1 rings (SSSR count). The minimum absolute atomic E-state index is 0.128. The van der Waals surface area contributed by atoms with Crippen molar-refractivity contribution in [2.75, 3.05) is 24.2 Å². The molecule has 2 N–H and O–H groups in total. The molecular weight excluding hydrogens is 196 g/mol. The van der Waals surface area contributed by atoms with Crippen molar-refractivity contribution in [3.05, 3.63) is 10.9 Å². The predicted octanol–water partition coefficient (Wildman–Crippen LogP) is 2.38. The quantitative estimate of drug-likeness (QED) is 0.779. The van der Waals surface area contributed by atoms with Crippen LogP contribution in [-0.2, 0) is 0 Å². The van der Waals surface area contributed by atoms with Gasteiger partial charge < -0.3 is 10.6 Å². The van der Waals surface area contributed by atoms with Crippen molar-refractivity contribution in [1.29, 1.82) is 0 Å². The Morgan fingerprint density at radius 3 is 2.71 bits per heavy atom. The predicted molar refractivity (Wildman–Crippen MR) is 62.3 cm³/mol. The number of nitrogens with zero attached hydrogens (tertiary/aromatic N) is 1. The van der Waals surface area contributed by atoms with Gasteiger partial charge in [-0.3, -0.25) is 4.79 Å². The Labute approximate surface area is 88.5 Å². The zero-order valence-corrected chi connectivity index (χ0v) is 9.65. The second-order valence-electron chi connectivity index (χ2n) is 3.16. The van der Waals surface area contributed by atoms with Gasteiger partial charge >= 0.3 is 0 Å². The summed E-state index contributed by atoms with van der Waals surface area (Å²) in [7, 11) is 1.99. The van der Waals surface area contributed by atoms with Crippen LogP contribution >= 0.6 is 11.3 Å². The second kappa shape index (κ2) is 4.46. The van der Waals surface area contributed by atoms with Gasteiger partial charge in [0, 0.05) is 20.0 Å². The van der Waals surface area contributed by atoms with E-state index in [0.717, 1.165) is 11.5 Å². The monoisotopic (exact) mass is 212 g/mol. The molecule has 0 radical (unpaired) electrons. The molecular formula is C10H16N2OS. The van der Waals surface area contributed by atoms with Crippen molar-refractivity contribution in [2.24, 2.45) is 0 Å². The summed E-state index contributed by atoms with van der Waals surface area (Å²) in [5, 5.41) is 1.06. The summed E-state index contributed by atoms with van der Waals surface area (Å²) < 4.78 is 0. The average Bonchev–Trinajstić information content (AvgIpc) is 2.58. The first kappa shape index (κ1) is 11.0. The molecule has 0 saturated carbocycles. The molecule has 14 heavy (non-hydrogen) atoms. The largest absolute Gasteiger partial charge is 0.397 e. The van der Waals surface area contributed by atoms with Gasteiger partial charge in [0.2, 0.25) is 0 Å². The number of rotatable bonds is 4. The highest BCUT2D eigenvalue weighted by atomic mass is 32.1. The van der Waals surface area contributed by atoms with Crippen molar-refractivity contribution in [3.63, 3.8) is 0 Å². The standard InChI is InChI=1S/C10H16N2OS/c1-4-8(13)10-7(11)6-9(14-10)12(3)5-2/h6H,4-5,11H2,1-3H3. The van der Waals surface area contributed by atoms with Crippen LogP contribution in [0.4, 0.5) is 10.7 Å². The number of anilines is 2. The highest BCUT2D eigenvalue weighted by Gasteiger charge is 2.13. The van der Waals surface area contributed by atoms with Crippen LogP contribution in [0.1, 0.15) is 29.9 Å². The molecule has 0 spiro atoms. The van der Waals surface area contributed by atoms with Crippen molar-refractivity contribution in [3.8, 4) is 0 Å². The van der Waals surface area contributed by atoms with Gasteiger partial charge in [-0.25, -0.2) is 0 Å². The van der Waals surface area contributed by atoms with Crippen LogP contribution in [0.5, 0.6) is 0 Å². The highest BCUT2D eigenvalue weighted by Crippen LogP contribution is 2.32. The maximum atomic E-state index is 11.5. The third-order valence-electron chi connectivity index (χ3n) is 2.17. The number of Topliss-reactive ketones (excluding diaryl/α,β-unsaturated/α-hetero) is 1. The Morgan fingerprint density at radius 2 is 2.21 bits per heavy atom. The first-order valence-corrected chi connectivity index (χ1v) is 5.55. The topological polar surface area (TPSA) is 46.3 Å². The smallest absolute Gasteiger partial charge is 0.174 e. The molecule has 0 bridgehead atoms. The van der Waals surface area contributed by atoms with Gasteiger partial charge in [0.25, 0.3) is 0 Å². The molecule has 0 aromatic carbocycles. The first-order valence-electron chi connectivity index (χ1n) is 4.73. The maximum Gasteiger partial charge on any atom is 0.174 e. The van der Waals surface area contributed by atoms with Crippen LogP contribution in [0, 0.1) is 0 Å². The Kier molecular flexibility index (Phi) is 3.52. The number of ketones is 1. The van der Waals surface area contributed by atoms with Gasteiger partial charge in [0.1, 0.15) is 0 Å². The number of nitrogens with two attached hydrogens (primary N) is 1. The van der Waals surface area contributed by atoms with E-state index < -0.39 is 0 Å². The van der Waals surface area contributed by atoms with Gasteiger partial charge in [-0.15, -0.1) is 11.3 Å². The van der Waals surface area contributed by atoms with E-state index >= 15 is 0 Å². The summed E-state index contributed by atoms with van der Waals surface area (Å²) in [6.45, 7) is 4.83. The summed E-state index contributed by atoms with van der Waals surface area (Å²) in [5.74, 6) is 0.128. The number of hydrogen-bond acceptors (Lipinski definition) is 4.